The van der Waals surface area contributed by atoms with Crippen LogP contribution in [-0.4, -0.2) is 11.1 Å². The summed E-state index contributed by atoms with van der Waals surface area (Å²) < 4.78 is 0. The Labute approximate surface area is 179 Å². The number of carboxylic acid groups (broad SMARTS) is 1. The molecule has 29 heavy (non-hydrogen) atoms. The largest absolute Gasteiger partial charge is 0.481 e. The monoisotopic (exact) mass is 400 g/mol. The molecule has 0 saturated carbocycles. The first-order chi connectivity index (χ1) is 14.1. The highest BCUT2D eigenvalue weighted by Gasteiger charge is 2.24. The molecule has 0 fully saturated rings. The number of carbonyl (C=O) groups is 1. The Morgan fingerprint density at radius 1 is 0.862 bits per heavy atom. The first-order valence-corrected chi connectivity index (χ1v) is 12.1. The minimum atomic E-state index is -0.688. The summed E-state index contributed by atoms with van der Waals surface area (Å²) in [5.74, 6) is -0.114. The average Bonchev–Trinajstić information content (AvgIpc) is 2.72. The topological polar surface area (TPSA) is 37.3 Å². The van der Waals surface area contributed by atoms with Gasteiger partial charge < -0.3 is 5.11 Å². The maximum absolute atomic E-state index is 11.5. The number of unbranched alkanes of at least 4 members (excludes halogenated alkanes) is 9. The van der Waals surface area contributed by atoms with E-state index in [0.29, 0.717) is 5.92 Å². The molecule has 0 aliphatic heterocycles. The van der Waals surface area contributed by atoms with Crippen molar-refractivity contribution in [2.45, 2.75) is 110 Å². The van der Waals surface area contributed by atoms with E-state index >= 15 is 0 Å². The van der Waals surface area contributed by atoms with Crippen molar-refractivity contribution in [1.29, 1.82) is 0 Å². The summed E-state index contributed by atoms with van der Waals surface area (Å²) in [7, 11) is 0. The Balaban J connectivity index is 2.48. The van der Waals surface area contributed by atoms with Crippen molar-refractivity contribution < 1.29 is 9.90 Å². The van der Waals surface area contributed by atoms with E-state index in [0.717, 1.165) is 24.8 Å². The van der Waals surface area contributed by atoms with Crippen LogP contribution in [-0.2, 0) is 4.79 Å². The zero-order valence-electron chi connectivity index (χ0n) is 19.0. The highest BCUT2D eigenvalue weighted by Crippen LogP contribution is 2.35. The fourth-order valence-corrected chi connectivity index (χ4v) is 4.44. The van der Waals surface area contributed by atoms with Crippen LogP contribution >= 0.6 is 0 Å². The van der Waals surface area contributed by atoms with Gasteiger partial charge in [0, 0.05) is 0 Å². The molecule has 2 atom stereocenters. The predicted octanol–water partition coefficient (Wildman–Crippen LogP) is 8.62. The van der Waals surface area contributed by atoms with E-state index in [9.17, 15) is 9.90 Å². The lowest BCUT2D eigenvalue weighted by Crippen LogP contribution is -2.17. The molecule has 2 nitrogen and oxygen atoms in total. The predicted molar refractivity (Wildman–Crippen MR) is 126 cm³/mol. The van der Waals surface area contributed by atoms with E-state index in [1.54, 1.807) is 0 Å². The van der Waals surface area contributed by atoms with Gasteiger partial charge in [-0.1, -0.05) is 128 Å². The van der Waals surface area contributed by atoms with Crippen LogP contribution < -0.4 is 0 Å². The molecule has 2 unspecified atom stereocenters. The van der Waals surface area contributed by atoms with E-state index in [2.05, 4.69) is 44.7 Å². The van der Waals surface area contributed by atoms with Gasteiger partial charge in [0.25, 0.3) is 0 Å². The molecule has 0 radical (unpaired) electrons. The van der Waals surface area contributed by atoms with Crippen LogP contribution in [0.25, 0.3) is 6.08 Å². The SMILES string of the molecule is C=Cc1ccc(C(CC(=O)O)C(CCC)CCCCCCCCCCCC)cc1. The summed E-state index contributed by atoms with van der Waals surface area (Å²) in [6, 6.07) is 8.32. The summed E-state index contributed by atoms with van der Waals surface area (Å²) in [5, 5.41) is 9.49. The van der Waals surface area contributed by atoms with Crippen molar-refractivity contribution in [1.82, 2.24) is 0 Å². The fourth-order valence-electron chi connectivity index (χ4n) is 4.44. The number of hydrogen-bond acceptors (Lipinski definition) is 1. The van der Waals surface area contributed by atoms with Gasteiger partial charge in [0.15, 0.2) is 0 Å². The molecule has 0 aliphatic carbocycles. The summed E-state index contributed by atoms with van der Waals surface area (Å²) in [5.41, 5.74) is 2.26. The lowest BCUT2D eigenvalue weighted by Gasteiger charge is -2.26. The number of hydrogen-bond donors (Lipinski definition) is 1. The Kier molecular flexibility index (Phi) is 14.3. The maximum Gasteiger partial charge on any atom is 0.303 e. The minimum Gasteiger partial charge on any atom is -0.481 e. The summed E-state index contributed by atoms with van der Waals surface area (Å²) in [6.07, 6.45) is 18.9. The highest BCUT2D eigenvalue weighted by molar-refractivity contribution is 5.68. The van der Waals surface area contributed by atoms with E-state index < -0.39 is 5.97 Å². The van der Waals surface area contributed by atoms with Crippen LogP contribution in [0.1, 0.15) is 121 Å². The summed E-state index contributed by atoms with van der Waals surface area (Å²) >= 11 is 0. The smallest absolute Gasteiger partial charge is 0.303 e. The standard InChI is InChI=1S/C27H44O2/c1-4-7-8-9-10-11-12-13-14-15-17-24(16-5-2)26(22-27(28)29)25-20-18-23(6-3)19-21-25/h6,18-21,24,26H,3-5,7-17,22H2,1-2H3,(H,28,29). The normalized spacial score (nSPS) is 13.2. The Morgan fingerprint density at radius 2 is 1.41 bits per heavy atom. The van der Waals surface area contributed by atoms with Crippen molar-refractivity contribution in [3.63, 3.8) is 0 Å². The molecule has 1 N–H and O–H groups in total. The van der Waals surface area contributed by atoms with Gasteiger partial charge in [0.1, 0.15) is 0 Å². The molecular formula is C27H44O2. The zero-order valence-corrected chi connectivity index (χ0v) is 19.0. The number of carboxylic acids is 1. The van der Waals surface area contributed by atoms with Gasteiger partial charge in [-0.3, -0.25) is 4.79 Å². The van der Waals surface area contributed by atoms with Gasteiger partial charge in [0.05, 0.1) is 6.42 Å². The molecule has 1 aromatic rings. The van der Waals surface area contributed by atoms with Crippen LogP contribution in [0, 0.1) is 5.92 Å². The van der Waals surface area contributed by atoms with Gasteiger partial charge in [-0.15, -0.1) is 0 Å². The van der Waals surface area contributed by atoms with E-state index in [1.165, 1.54) is 69.8 Å². The average molecular weight is 401 g/mol. The van der Waals surface area contributed by atoms with Crippen molar-refractivity contribution in [3.05, 3.63) is 42.0 Å². The highest BCUT2D eigenvalue weighted by atomic mass is 16.4. The molecule has 2 heteroatoms. The van der Waals surface area contributed by atoms with Gasteiger partial charge in [-0.25, -0.2) is 0 Å². The fraction of sp³-hybridized carbons (Fsp3) is 0.667. The molecule has 1 aromatic carbocycles. The molecule has 1 rings (SSSR count). The molecular weight excluding hydrogens is 356 g/mol. The molecule has 0 aromatic heterocycles. The van der Waals surface area contributed by atoms with Gasteiger partial charge in [-0.05, 0) is 29.4 Å². The lowest BCUT2D eigenvalue weighted by atomic mass is 9.78. The molecule has 0 amide bonds. The van der Waals surface area contributed by atoms with Crippen molar-refractivity contribution in [3.8, 4) is 0 Å². The van der Waals surface area contributed by atoms with Gasteiger partial charge in [-0.2, -0.15) is 0 Å². The third-order valence-electron chi connectivity index (χ3n) is 6.15. The van der Waals surface area contributed by atoms with Crippen LogP contribution in [0.15, 0.2) is 30.8 Å². The molecule has 0 heterocycles. The van der Waals surface area contributed by atoms with Crippen molar-refractivity contribution >= 4 is 12.0 Å². The Morgan fingerprint density at radius 3 is 1.90 bits per heavy atom. The summed E-state index contributed by atoms with van der Waals surface area (Å²) in [4.78, 5) is 11.5. The van der Waals surface area contributed by atoms with Crippen LogP contribution in [0.5, 0.6) is 0 Å². The molecule has 0 bridgehead atoms. The second-order valence-electron chi connectivity index (χ2n) is 8.59. The number of rotatable bonds is 18. The van der Waals surface area contributed by atoms with Crippen molar-refractivity contribution in [2.75, 3.05) is 0 Å². The first kappa shape index (κ1) is 25.5. The van der Waals surface area contributed by atoms with E-state index in [1.807, 2.05) is 6.08 Å². The van der Waals surface area contributed by atoms with Crippen LogP contribution in [0.2, 0.25) is 0 Å². The maximum atomic E-state index is 11.5. The first-order valence-electron chi connectivity index (χ1n) is 12.1. The van der Waals surface area contributed by atoms with Crippen LogP contribution in [0.3, 0.4) is 0 Å². The number of benzene rings is 1. The van der Waals surface area contributed by atoms with Crippen LogP contribution in [0.4, 0.5) is 0 Å². The Bertz CT molecular complexity index is 546. The van der Waals surface area contributed by atoms with E-state index in [4.69, 9.17) is 0 Å². The number of aliphatic carboxylic acids is 1. The van der Waals surface area contributed by atoms with Gasteiger partial charge in [0.2, 0.25) is 0 Å². The van der Waals surface area contributed by atoms with Crippen molar-refractivity contribution in [2.24, 2.45) is 5.92 Å². The quantitative estimate of drug-likeness (QED) is 0.250. The lowest BCUT2D eigenvalue weighted by molar-refractivity contribution is -0.137. The summed E-state index contributed by atoms with van der Waals surface area (Å²) in [6.45, 7) is 8.29. The second kappa shape index (κ2) is 16.3. The molecule has 164 valence electrons. The van der Waals surface area contributed by atoms with Gasteiger partial charge >= 0.3 is 5.97 Å². The minimum absolute atomic E-state index is 0.116. The zero-order chi connectivity index (χ0) is 21.3. The molecule has 0 saturated heterocycles. The third kappa shape index (κ3) is 11.3. The van der Waals surface area contributed by atoms with E-state index in [-0.39, 0.29) is 12.3 Å². The molecule has 0 aliphatic rings. The molecule has 0 spiro atoms. The third-order valence-corrected chi connectivity index (χ3v) is 6.15. The second-order valence-corrected chi connectivity index (χ2v) is 8.59. The Hall–Kier alpha value is -1.57.